The number of carbonyl (C=O) groups excluding carboxylic acids is 2. The molecule has 1 atom stereocenters. The molecule has 1 unspecified atom stereocenters. The molecule has 0 amide bonds. The quantitative estimate of drug-likeness (QED) is 0.169. The normalized spacial score (nSPS) is 10.8. The number of fused-ring (bicyclic) bond motifs is 1. The van der Waals surface area contributed by atoms with E-state index in [0.717, 1.165) is 22.4 Å². The molecule has 45 heavy (non-hydrogen) atoms. The van der Waals surface area contributed by atoms with Gasteiger partial charge in [-0.05, 0) is 74.2 Å². The maximum Gasteiger partial charge on any atom is 0.191 e. The molecular weight excluding hydrogens is 587 g/mol. The number of benzene rings is 4. The van der Waals surface area contributed by atoms with E-state index in [1.54, 1.807) is 19.1 Å². The van der Waals surface area contributed by atoms with Crippen LogP contribution in [0, 0.1) is 12.7 Å². The molecule has 0 radical (unpaired) electrons. The van der Waals surface area contributed by atoms with Crippen molar-refractivity contribution >= 4 is 41.8 Å². The molecule has 0 aliphatic heterocycles. The van der Waals surface area contributed by atoms with Gasteiger partial charge in [0.15, 0.2) is 5.90 Å². The van der Waals surface area contributed by atoms with Gasteiger partial charge in [0.1, 0.15) is 25.1 Å². The Morgan fingerprint density at radius 2 is 1.49 bits per heavy atom. The van der Waals surface area contributed by atoms with Crippen LogP contribution in [0.2, 0.25) is 5.02 Å². The number of rotatable bonds is 6. The van der Waals surface area contributed by atoms with Crippen LogP contribution < -0.4 is 10.1 Å². The first-order valence-corrected chi connectivity index (χ1v) is 15.2. The van der Waals surface area contributed by atoms with E-state index >= 15 is 0 Å². The van der Waals surface area contributed by atoms with E-state index < -0.39 is 0 Å². The Hall–Kier alpha value is -4.13. The Balaban J connectivity index is 0. The van der Waals surface area contributed by atoms with Crippen LogP contribution in [0.25, 0.3) is 10.8 Å². The molecule has 0 spiro atoms. The molecule has 244 valence electrons. The summed E-state index contributed by atoms with van der Waals surface area (Å²) in [7, 11) is 1.94. The van der Waals surface area contributed by atoms with Crippen LogP contribution in [-0.2, 0) is 16.0 Å². The van der Waals surface area contributed by atoms with Gasteiger partial charge in [0, 0.05) is 29.6 Å². The Kier molecular flexibility index (Phi) is 26.2. The number of carbonyl (C=O) groups is 2. The summed E-state index contributed by atoms with van der Waals surface area (Å²) in [5, 5.41) is 6.48. The van der Waals surface area contributed by atoms with E-state index in [-0.39, 0.29) is 11.9 Å². The topological polar surface area (TPSA) is 67.8 Å². The van der Waals surface area contributed by atoms with Crippen molar-refractivity contribution in [2.75, 3.05) is 7.05 Å². The molecule has 0 bridgehead atoms. The van der Waals surface area contributed by atoms with E-state index in [0.29, 0.717) is 11.6 Å². The van der Waals surface area contributed by atoms with Gasteiger partial charge < -0.3 is 19.6 Å². The lowest BCUT2D eigenvalue weighted by Crippen LogP contribution is -2.28. The molecular formula is C38H50ClFN2O3. The summed E-state index contributed by atoms with van der Waals surface area (Å²) in [6.07, 6.45) is 3.95. The standard InChI is InChI=1S/C20H23FN2O.C11H9Cl.C3H8.C2H6.2CH2O/c1-15(20(22-3)13-17-7-5-4-6-8-17)14-23-16(2)24-19-11-9-18(21)10-12-19;1-8-5-6-10-9(7-8)3-2-4-11(10)12;1-3-2;3*1-2/h4-12,14,20,22H,13H2,1-3H3;2-7H,1H3;3H2,1-2H3;1-2H3;2*1H2/b15-14+,23-16?;;;;;. The molecule has 0 heterocycles. The van der Waals surface area contributed by atoms with Crippen LogP contribution in [-0.4, -0.2) is 32.6 Å². The van der Waals surface area contributed by atoms with Crippen LogP contribution in [0.5, 0.6) is 5.75 Å². The number of aliphatic imine (C=N–C) groups is 1. The van der Waals surface area contributed by atoms with Crippen LogP contribution in [0.15, 0.2) is 108 Å². The van der Waals surface area contributed by atoms with Crippen molar-refractivity contribution in [2.24, 2.45) is 4.99 Å². The smallest absolute Gasteiger partial charge is 0.191 e. The molecule has 0 aliphatic rings. The van der Waals surface area contributed by atoms with Crippen molar-refractivity contribution < 1.29 is 18.7 Å². The second-order valence-electron chi connectivity index (χ2n) is 9.28. The van der Waals surface area contributed by atoms with E-state index in [9.17, 15) is 4.39 Å². The predicted molar refractivity (Wildman–Crippen MR) is 192 cm³/mol. The van der Waals surface area contributed by atoms with Crippen molar-refractivity contribution in [3.05, 3.63) is 125 Å². The lowest BCUT2D eigenvalue weighted by molar-refractivity contribution is -0.0987. The summed E-state index contributed by atoms with van der Waals surface area (Å²) in [5.74, 6) is 0.791. The van der Waals surface area contributed by atoms with Crippen molar-refractivity contribution in [3.8, 4) is 5.75 Å². The molecule has 0 aromatic heterocycles. The van der Waals surface area contributed by atoms with Gasteiger partial charge >= 0.3 is 0 Å². The van der Waals surface area contributed by atoms with Gasteiger partial charge in [-0.1, -0.05) is 112 Å². The van der Waals surface area contributed by atoms with Crippen LogP contribution in [0.3, 0.4) is 0 Å². The molecule has 4 rings (SSSR count). The molecule has 0 saturated carbocycles. The first-order chi connectivity index (χ1) is 21.8. The monoisotopic (exact) mass is 636 g/mol. The summed E-state index contributed by atoms with van der Waals surface area (Å²) in [6, 6.07) is 28.7. The zero-order valence-corrected chi connectivity index (χ0v) is 28.8. The number of nitrogens with zero attached hydrogens (tertiary/aromatic N) is 1. The second-order valence-corrected chi connectivity index (χ2v) is 9.69. The third kappa shape index (κ3) is 18.3. The Labute approximate surface area is 275 Å². The molecule has 4 aromatic rings. The van der Waals surface area contributed by atoms with Crippen molar-refractivity contribution in [2.45, 2.75) is 67.3 Å². The van der Waals surface area contributed by atoms with Crippen molar-refractivity contribution in [1.29, 1.82) is 0 Å². The third-order valence-corrected chi connectivity index (χ3v) is 6.02. The second kappa shape index (κ2) is 27.4. The molecule has 0 saturated heterocycles. The van der Waals surface area contributed by atoms with Gasteiger partial charge in [0.2, 0.25) is 0 Å². The predicted octanol–water partition coefficient (Wildman–Crippen LogP) is 10.2. The average molecular weight is 637 g/mol. The minimum absolute atomic E-state index is 0.203. The van der Waals surface area contributed by atoms with Gasteiger partial charge in [-0.2, -0.15) is 0 Å². The number of nitrogens with one attached hydrogen (secondary N) is 1. The van der Waals surface area contributed by atoms with Crippen molar-refractivity contribution in [1.82, 2.24) is 5.32 Å². The summed E-state index contributed by atoms with van der Waals surface area (Å²) in [6.45, 7) is 18.2. The maximum atomic E-state index is 12.9. The number of likely N-dealkylation sites (N-methyl/N-ethyl adjacent to an activating group) is 1. The van der Waals surface area contributed by atoms with E-state index in [4.69, 9.17) is 25.9 Å². The van der Waals surface area contributed by atoms with Crippen LogP contribution in [0.4, 0.5) is 4.39 Å². The summed E-state index contributed by atoms with van der Waals surface area (Å²) >= 11 is 6.01. The number of aryl methyl sites for hydroxylation is 1. The lowest BCUT2D eigenvalue weighted by Gasteiger charge is -2.16. The maximum absolute atomic E-state index is 12.9. The Morgan fingerprint density at radius 1 is 0.911 bits per heavy atom. The largest absolute Gasteiger partial charge is 0.443 e. The number of hydrogen-bond donors (Lipinski definition) is 1. The minimum Gasteiger partial charge on any atom is -0.443 e. The summed E-state index contributed by atoms with van der Waals surface area (Å²) in [4.78, 5) is 20.4. The minimum atomic E-state index is -0.287. The fourth-order valence-electron chi connectivity index (χ4n) is 3.69. The number of hydrogen-bond acceptors (Lipinski definition) is 5. The van der Waals surface area contributed by atoms with Crippen LogP contribution >= 0.6 is 11.6 Å². The van der Waals surface area contributed by atoms with Gasteiger partial charge in [0.25, 0.3) is 0 Å². The number of halogens is 2. The zero-order chi connectivity index (χ0) is 34.6. The van der Waals surface area contributed by atoms with Gasteiger partial charge in [0.05, 0.1) is 0 Å². The highest BCUT2D eigenvalue weighted by Crippen LogP contribution is 2.23. The van der Waals surface area contributed by atoms with E-state index in [1.165, 1.54) is 35.1 Å². The molecule has 7 heteroatoms. The van der Waals surface area contributed by atoms with E-state index in [2.05, 4.69) is 67.5 Å². The van der Waals surface area contributed by atoms with Crippen LogP contribution in [0.1, 0.15) is 59.1 Å². The zero-order valence-electron chi connectivity index (χ0n) is 28.1. The summed E-state index contributed by atoms with van der Waals surface area (Å²) < 4.78 is 18.5. The highest BCUT2D eigenvalue weighted by molar-refractivity contribution is 6.35. The third-order valence-electron chi connectivity index (χ3n) is 5.69. The fourth-order valence-corrected chi connectivity index (χ4v) is 3.93. The Bertz CT molecular complexity index is 1380. The summed E-state index contributed by atoms with van der Waals surface area (Å²) in [5.41, 5.74) is 3.65. The molecule has 0 fully saturated rings. The Morgan fingerprint density at radius 3 is 2.04 bits per heavy atom. The molecule has 5 nitrogen and oxygen atoms in total. The molecule has 0 aliphatic carbocycles. The first kappa shape index (κ1) is 43.0. The average Bonchev–Trinajstić information content (AvgIpc) is 3.07. The van der Waals surface area contributed by atoms with E-state index in [1.807, 2.05) is 77.9 Å². The molecule has 1 N–H and O–H groups in total. The lowest BCUT2D eigenvalue weighted by atomic mass is 10.0. The SMILES string of the molecule is C=O.C=O.CC.CCC.CNC(Cc1ccccc1)/C(C)=C/N=C(C)Oc1ccc(F)cc1.Cc1ccc2c(Cl)cccc2c1. The van der Waals surface area contributed by atoms with Gasteiger partial charge in [-0.15, -0.1) is 0 Å². The van der Waals surface area contributed by atoms with Gasteiger partial charge in [-0.25, -0.2) is 9.38 Å². The molecule has 4 aromatic carbocycles. The highest BCUT2D eigenvalue weighted by Gasteiger charge is 2.09. The van der Waals surface area contributed by atoms with Crippen molar-refractivity contribution in [3.63, 3.8) is 0 Å². The highest BCUT2D eigenvalue weighted by atomic mass is 35.5. The first-order valence-electron chi connectivity index (χ1n) is 14.9. The fraction of sp³-hybridized carbons (Fsp3) is 0.289. The van der Waals surface area contributed by atoms with Gasteiger partial charge in [-0.3, -0.25) is 0 Å². The number of ether oxygens (including phenoxy) is 1.